The fourth-order valence-corrected chi connectivity index (χ4v) is 3.91. The quantitative estimate of drug-likeness (QED) is 0.603. The molecule has 0 unspecified atom stereocenters. The van der Waals surface area contributed by atoms with Crippen LogP contribution in [0.15, 0.2) is 36.8 Å². The summed E-state index contributed by atoms with van der Waals surface area (Å²) in [5, 5.41) is 12.9. The molecule has 3 heterocycles. The number of fused-ring (bicyclic) bond motifs is 1. The molecule has 1 aromatic carbocycles. The maximum Gasteiger partial charge on any atom is 0.413 e. The number of halogens is 3. The van der Waals surface area contributed by atoms with Crippen molar-refractivity contribution in [3.8, 4) is 22.8 Å². The van der Waals surface area contributed by atoms with E-state index in [-0.39, 0.29) is 18.1 Å². The van der Waals surface area contributed by atoms with Gasteiger partial charge in [-0.05, 0) is 35.7 Å². The number of carbonyl (C=O) groups is 1. The molecule has 0 aliphatic carbocycles. The van der Waals surface area contributed by atoms with Gasteiger partial charge < -0.3 is 19.5 Å². The molecular weight excluding hydrogens is 441 g/mol. The molecule has 8 nitrogen and oxygen atoms in total. The van der Waals surface area contributed by atoms with E-state index in [4.69, 9.17) is 14.6 Å². The Morgan fingerprint density at radius 3 is 2.55 bits per heavy atom. The van der Waals surface area contributed by atoms with Crippen molar-refractivity contribution in [2.24, 2.45) is 0 Å². The lowest BCUT2D eigenvalue weighted by Gasteiger charge is -2.18. The van der Waals surface area contributed by atoms with E-state index in [0.717, 1.165) is 28.5 Å². The van der Waals surface area contributed by atoms with Crippen LogP contribution in [0.5, 0.6) is 11.6 Å². The summed E-state index contributed by atoms with van der Waals surface area (Å²) in [6.07, 6.45) is -0.735. The second-order valence-corrected chi connectivity index (χ2v) is 7.57. The fourth-order valence-electron chi connectivity index (χ4n) is 3.91. The van der Waals surface area contributed by atoms with E-state index < -0.39 is 18.8 Å². The highest BCUT2D eigenvalue weighted by Gasteiger charge is 2.42. The van der Waals surface area contributed by atoms with Gasteiger partial charge in [0.1, 0.15) is 0 Å². The Kier molecular flexibility index (Phi) is 5.75. The summed E-state index contributed by atoms with van der Waals surface area (Å²) in [5.74, 6) is 0.477. The van der Waals surface area contributed by atoms with Gasteiger partial charge in [0.05, 0.1) is 39.3 Å². The number of rotatable bonds is 6. The zero-order chi connectivity index (χ0) is 23.9. The van der Waals surface area contributed by atoms with Gasteiger partial charge >= 0.3 is 6.18 Å². The highest BCUT2D eigenvalue weighted by atomic mass is 19.4. The summed E-state index contributed by atoms with van der Waals surface area (Å²) in [6.45, 7) is 0.818. The lowest BCUT2D eigenvalue weighted by Crippen LogP contribution is -2.30. The lowest BCUT2D eigenvalue weighted by atomic mass is 9.97. The number of nitrogens with zero attached hydrogens (tertiary/aromatic N) is 4. The molecule has 0 fully saturated rings. The van der Waals surface area contributed by atoms with Crippen LogP contribution in [-0.2, 0) is 6.54 Å². The minimum atomic E-state index is -4.67. The number of anilines is 1. The summed E-state index contributed by atoms with van der Waals surface area (Å²) in [4.78, 5) is 18.7. The van der Waals surface area contributed by atoms with Crippen molar-refractivity contribution < 1.29 is 32.5 Å². The number of alkyl halides is 3. The van der Waals surface area contributed by atoms with Gasteiger partial charge in [-0.1, -0.05) is 6.07 Å². The third-order valence-corrected chi connectivity index (χ3v) is 5.54. The Morgan fingerprint density at radius 2 is 1.91 bits per heavy atom. The highest BCUT2D eigenvalue weighted by molar-refractivity contribution is 6.11. The van der Waals surface area contributed by atoms with Gasteiger partial charge in [0, 0.05) is 23.5 Å². The first-order chi connectivity index (χ1) is 15.7. The standard InChI is InChI=1S/C22H21F3N4O4/c1-12-4-13(14-6-17(32-2)20(33-3)26-7-14)5-15-9-28(21(31)19(12)15)16-8-27-29(10-16)18(11-30)22(23,24)25/h4-8,10,18,30H,9,11H2,1-3H3/t18-/m1/s1. The number of hydrogen-bond donors (Lipinski definition) is 1. The van der Waals surface area contributed by atoms with Crippen molar-refractivity contribution >= 4 is 11.6 Å². The van der Waals surface area contributed by atoms with E-state index in [9.17, 15) is 18.0 Å². The Bertz CT molecular complexity index is 1210. The van der Waals surface area contributed by atoms with Crippen molar-refractivity contribution in [1.82, 2.24) is 14.8 Å². The maximum absolute atomic E-state index is 13.1. The van der Waals surface area contributed by atoms with E-state index in [2.05, 4.69) is 10.1 Å². The SMILES string of the molecule is COc1cc(-c2cc(C)c3c(c2)CN(c2cnn([C@H](CO)C(F)(F)F)c2)C3=O)cnc1OC. The van der Waals surface area contributed by atoms with Crippen LogP contribution >= 0.6 is 0 Å². The van der Waals surface area contributed by atoms with Gasteiger partial charge in [0.15, 0.2) is 11.8 Å². The predicted molar refractivity (Wildman–Crippen MR) is 112 cm³/mol. The van der Waals surface area contributed by atoms with Crippen molar-refractivity contribution in [2.45, 2.75) is 25.7 Å². The third kappa shape index (κ3) is 3.99. The van der Waals surface area contributed by atoms with Gasteiger partial charge in [-0.15, -0.1) is 0 Å². The Morgan fingerprint density at radius 1 is 1.15 bits per heavy atom. The minimum absolute atomic E-state index is 0.172. The second-order valence-electron chi connectivity index (χ2n) is 7.57. The zero-order valence-electron chi connectivity index (χ0n) is 18.1. The molecule has 4 rings (SSSR count). The van der Waals surface area contributed by atoms with Gasteiger partial charge in [0.25, 0.3) is 11.8 Å². The van der Waals surface area contributed by atoms with Crippen LogP contribution in [0.3, 0.4) is 0 Å². The van der Waals surface area contributed by atoms with Crippen LogP contribution in [0.2, 0.25) is 0 Å². The summed E-state index contributed by atoms with van der Waals surface area (Å²) in [5.41, 5.74) is 3.73. The van der Waals surface area contributed by atoms with Gasteiger partial charge in [-0.3, -0.25) is 9.48 Å². The van der Waals surface area contributed by atoms with Crippen LogP contribution in [-0.4, -0.2) is 52.8 Å². The summed E-state index contributed by atoms with van der Waals surface area (Å²) >= 11 is 0. The molecule has 1 N–H and O–H groups in total. The number of amides is 1. The topological polar surface area (TPSA) is 89.7 Å². The number of aryl methyl sites for hydroxylation is 1. The molecule has 1 amide bonds. The summed E-state index contributed by atoms with van der Waals surface area (Å²) < 4.78 is 50.5. The molecule has 0 saturated heterocycles. The number of carbonyl (C=O) groups excluding carboxylic acids is 1. The molecule has 1 aliphatic heterocycles. The molecule has 0 bridgehead atoms. The average molecular weight is 462 g/mol. The number of aromatic nitrogens is 3. The zero-order valence-corrected chi connectivity index (χ0v) is 18.1. The number of hydrogen-bond acceptors (Lipinski definition) is 6. The van der Waals surface area contributed by atoms with Crippen LogP contribution in [0.4, 0.5) is 18.9 Å². The molecule has 0 saturated carbocycles. The molecule has 33 heavy (non-hydrogen) atoms. The van der Waals surface area contributed by atoms with Gasteiger partial charge in [-0.25, -0.2) is 4.98 Å². The third-order valence-electron chi connectivity index (χ3n) is 5.54. The normalized spacial score (nSPS) is 14.4. The monoisotopic (exact) mass is 462 g/mol. The Hall–Kier alpha value is -3.60. The maximum atomic E-state index is 13.1. The van der Waals surface area contributed by atoms with E-state index in [1.54, 1.807) is 19.2 Å². The Labute approximate surface area is 187 Å². The molecule has 1 aliphatic rings. The van der Waals surface area contributed by atoms with E-state index in [1.807, 2.05) is 12.1 Å². The molecule has 174 valence electrons. The first kappa shape index (κ1) is 22.6. The molecule has 3 aromatic rings. The largest absolute Gasteiger partial charge is 0.491 e. The highest BCUT2D eigenvalue weighted by Crippen LogP contribution is 2.37. The first-order valence-electron chi connectivity index (χ1n) is 9.93. The number of aliphatic hydroxyl groups is 1. The fraction of sp³-hybridized carbons (Fsp3) is 0.318. The molecule has 11 heteroatoms. The van der Waals surface area contributed by atoms with Crippen molar-refractivity contribution in [1.29, 1.82) is 0 Å². The van der Waals surface area contributed by atoms with E-state index >= 15 is 0 Å². The predicted octanol–water partition coefficient (Wildman–Crippen LogP) is 3.53. The van der Waals surface area contributed by atoms with E-state index in [0.29, 0.717) is 21.9 Å². The minimum Gasteiger partial charge on any atom is -0.491 e. The van der Waals surface area contributed by atoms with Crippen LogP contribution in [0.25, 0.3) is 11.1 Å². The smallest absolute Gasteiger partial charge is 0.413 e. The molecule has 1 atom stereocenters. The molecular formula is C22H21F3N4O4. The van der Waals surface area contributed by atoms with Crippen molar-refractivity contribution in [3.05, 3.63) is 53.5 Å². The molecule has 2 aromatic heterocycles. The second kappa shape index (κ2) is 8.39. The summed E-state index contributed by atoms with van der Waals surface area (Å²) in [7, 11) is 3.00. The van der Waals surface area contributed by atoms with E-state index in [1.165, 1.54) is 25.3 Å². The molecule has 0 radical (unpaired) electrons. The number of methoxy groups -OCH3 is 2. The number of aliphatic hydroxyl groups excluding tert-OH is 1. The number of benzene rings is 1. The summed E-state index contributed by atoms with van der Waals surface area (Å²) in [6, 6.07) is 3.28. The van der Waals surface area contributed by atoms with Crippen LogP contribution in [0.1, 0.15) is 27.5 Å². The van der Waals surface area contributed by atoms with Crippen molar-refractivity contribution in [3.63, 3.8) is 0 Å². The van der Waals surface area contributed by atoms with Crippen LogP contribution < -0.4 is 14.4 Å². The van der Waals surface area contributed by atoms with Crippen LogP contribution in [0, 0.1) is 6.92 Å². The first-order valence-corrected chi connectivity index (χ1v) is 9.93. The lowest BCUT2D eigenvalue weighted by molar-refractivity contribution is -0.178. The Balaban J connectivity index is 1.66. The number of ether oxygens (including phenoxy) is 2. The number of pyridine rings is 1. The van der Waals surface area contributed by atoms with Gasteiger partial charge in [0.2, 0.25) is 0 Å². The van der Waals surface area contributed by atoms with Gasteiger partial charge in [-0.2, -0.15) is 18.3 Å². The van der Waals surface area contributed by atoms with Crippen molar-refractivity contribution in [2.75, 3.05) is 25.7 Å². The average Bonchev–Trinajstić information content (AvgIpc) is 3.37. The molecule has 0 spiro atoms.